The Bertz CT molecular complexity index is 1010. The van der Waals surface area contributed by atoms with Crippen LogP contribution < -0.4 is 10.6 Å². The van der Waals surface area contributed by atoms with Gasteiger partial charge in [-0.05, 0) is 25.0 Å². The first-order valence-electron chi connectivity index (χ1n) is 12.4. The lowest BCUT2D eigenvalue weighted by Crippen LogP contribution is -2.14. The zero-order valence-electron chi connectivity index (χ0n) is 20.7. The topological polar surface area (TPSA) is 142 Å². The molecule has 3 aromatic heterocycles. The highest BCUT2D eigenvalue weighted by Crippen LogP contribution is 2.24. The normalized spacial score (nSPS) is 10.7. The Morgan fingerprint density at radius 2 is 1.19 bits per heavy atom. The molecule has 0 spiro atoms. The predicted molar refractivity (Wildman–Crippen MR) is 133 cm³/mol. The minimum atomic E-state index is -0.590. The first-order chi connectivity index (χ1) is 17.6. The van der Waals surface area contributed by atoms with Crippen LogP contribution in [0.25, 0.3) is 23.2 Å². The van der Waals surface area contributed by atoms with Gasteiger partial charge in [0.15, 0.2) is 11.6 Å². The molecular weight excluding hydrogens is 466 g/mol. The highest BCUT2D eigenvalue weighted by atomic mass is 16.6. The summed E-state index contributed by atoms with van der Waals surface area (Å²) >= 11 is 0. The van der Waals surface area contributed by atoms with E-state index in [2.05, 4.69) is 39.4 Å². The predicted octanol–water partition coefficient (Wildman–Crippen LogP) is 6.65. The summed E-state index contributed by atoms with van der Waals surface area (Å²) in [7, 11) is 0. The van der Waals surface area contributed by atoms with Crippen molar-refractivity contribution in [1.82, 2.24) is 15.0 Å². The lowest BCUT2D eigenvalue weighted by Gasteiger charge is -2.04. The quantitative estimate of drug-likeness (QED) is 0.233. The van der Waals surface area contributed by atoms with E-state index in [4.69, 9.17) is 18.3 Å². The van der Waals surface area contributed by atoms with E-state index in [1.54, 1.807) is 18.2 Å². The van der Waals surface area contributed by atoms with Gasteiger partial charge in [0.1, 0.15) is 23.9 Å². The van der Waals surface area contributed by atoms with Crippen molar-refractivity contribution in [3.8, 4) is 23.2 Å². The van der Waals surface area contributed by atoms with Crippen LogP contribution in [0.4, 0.5) is 21.2 Å². The highest BCUT2D eigenvalue weighted by molar-refractivity contribution is 5.84. The Hall–Kier alpha value is -3.89. The van der Waals surface area contributed by atoms with E-state index < -0.39 is 12.2 Å². The molecule has 0 atom stereocenters. The first-order valence-corrected chi connectivity index (χ1v) is 12.4. The Morgan fingerprint density at radius 1 is 0.722 bits per heavy atom. The molecule has 11 heteroatoms. The van der Waals surface area contributed by atoms with E-state index in [0.717, 1.165) is 51.4 Å². The van der Waals surface area contributed by atoms with E-state index in [1.165, 1.54) is 12.5 Å². The lowest BCUT2D eigenvalue weighted by atomic mass is 10.2. The molecule has 194 valence electrons. The number of nitrogens with one attached hydrogen (secondary N) is 2. The molecule has 2 amide bonds. The molecule has 2 N–H and O–H groups in total. The van der Waals surface area contributed by atoms with Crippen LogP contribution in [-0.2, 0) is 9.47 Å². The number of nitrogens with zero attached hydrogens (tertiary/aromatic N) is 3. The van der Waals surface area contributed by atoms with Gasteiger partial charge >= 0.3 is 12.2 Å². The van der Waals surface area contributed by atoms with E-state index in [9.17, 15) is 9.59 Å². The number of amides is 2. The standard InChI is InChI=1S/C25H33N5O6/c1-3-5-7-9-14-33-24(31)29-20-16-35-22(27-20)18-12-11-13-19(26-18)23-28-21(17-36-23)30-25(32)34-15-10-8-6-4-2/h11-13,16-17H,3-10,14-15H2,1-2H3,(H,29,31)(H,30,32). The van der Waals surface area contributed by atoms with Gasteiger partial charge < -0.3 is 18.3 Å². The number of aromatic nitrogens is 3. The van der Waals surface area contributed by atoms with Crippen molar-refractivity contribution in [3.63, 3.8) is 0 Å². The fourth-order valence-corrected chi connectivity index (χ4v) is 3.24. The monoisotopic (exact) mass is 499 g/mol. The lowest BCUT2D eigenvalue weighted by molar-refractivity contribution is 0.158. The molecule has 0 fully saturated rings. The fraction of sp³-hybridized carbons (Fsp3) is 0.480. The SMILES string of the molecule is CCCCCCOC(=O)Nc1coc(-c2cccc(-c3nc(NC(=O)OCCCCCC)co3)n2)n1. The summed E-state index contributed by atoms with van der Waals surface area (Å²) in [6.45, 7) is 4.94. The third-order valence-corrected chi connectivity index (χ3v) is 5.12. The molecule has 0 aliphatic carbocycles. The Morgan fingerprint density at radius 3 is 1.64 bits per heavy atom. The Labute approximate surface area is 210 Å². The van der Waals surface area contributed by atoms with Crippen molar-refractivity contribution >= 4 is 23.8 Å². The summed E-state index contributed by atoms with van der Waals surface area (Å²) in [5, 5.41) is 5.08. The van der Waals surface area contributed by atoms with Gasteiger partial charge in [0.25, 0.3) is 0 Å². The maximum atomic E-state index is 11.9. The summed E-state index contributed by atoms with van der Waals surface area (Å²) in [5.74, 6) is 0.830. The second-order valence-electron chi connectivity index (χ2n) is 8.13. The van der Waals surface area contributed by atoms with Crippen LogP contribution in [0.5, 0.6) is 0 Å². The zero-order valence-corrected chi connectivity index (χ0v) is 20.7. The van der Waals surface area contributed by atoms with Crippen molar-refractivity contribution in [1.29, 1.82) is 0 Å². The van der Waals surface area contributed by atoms with E-state index in [0.29, 0.717) is 24.6 Å². The minimum Gasteiger partial charge on any atom is -0.449 e. The van der Waals surface area contributed by atoms with Crippen molar-refractivity contribution in [2.45, 2.75) is 65.2 Å². The Balaban J connectivity index is 1.52. The zero-order chi connectivity index (χ0) is 25.6. The molecule has 0 bridgehead atoms. The van der Waals surface area contributed by atoms with Gasteiger partial charge in [0, 0.05) is 0 Å². The molecular formula is C25H33N5O6. The molecule has 3 rings (SSSR count). The van der Waals surface area contributed by atoms with Crippen molar-refractivity contribution in [3.05, 3.63) is 30.7 Å². The summed E-state index contributed by atoms with van der Waals surface area (Å²) in [5.41, 5.74) is 0.820. The largest absolute Gasteiger partial charge is 0.449 e. The van der Waals surface area contributed by atoms with Crippen LogP contribution in [0.15, 0.2) is 39.6 Å². The van der Waals surface area contributed by atoms with Gasteiger partial charge in [-0.1, -0.05) is 58.4 Å². The van der Waals surface area contributed by atoms with Gasteiger partial charge in [0.05, 0.1) is 13.2 Å². The molecule has 3 aromatic rings. The van der Waals surface area contributed by atoms with Gasteiger partial charge in [-0.3, -0.25) is 10.6 Å². The smallest absolute Gasteiger partial charge is 0.412 e. The number of carbonyl (C=O) groups excluding carboxylic acids is 2. The summed E-state index contributed by atoms with van der Waals surface area (Å²) < 4.78 is 21.2. The second-order valence-corrected chi connectivity index (χ2v) is 8.13. The van der Waals surface area contributed by atoms with Crippen molar-refractivity contribution in [2.24, 2.45) is 0 Å². The van der Waals surface area contributed by atoms with E-state index >= 15 is 0 Å². The third-order valence-electron chi connectivity index (χ3n) is 5.12. The van der Waals surface area contributed by atoms with Crippen LogP contribution in [0, 0.1) is 0 Å². The van der Waals surface area contributed by atoms with Gasteiger partial charge in [-0.2, -0.15) is 9.97 Å². The van der Waals surface area contributed by atoms with Crippen molar-refractivity contribution in [2.75, 3.05) is 23.8 Å². The molecule has 0 unspecified atom stereocenters. The summed E-state index contributed by atoms with van der Waals surface area (Å²) in [6.07, 6.45) is 9.57. The van der Waals surface area contributed by atoms with E-state index in [-0.39, 0.29) is 23.4 Å². The van der Waals surface area contributed by atoms with Gasteiger partial charge in [-0.25, -0.2) is 14.6 Å². The van der Waals surface area contributed by atoms with Crippen LogP contribution in [0.3, 0.4) is 0 Å². The molecule has 0 aromatic carbocycles. The number of unbranched alkanes of at least 4 members (excludes halogenated alkanes) is 6. The summed E-state index contributed by atoms with van der Waals surface area (Å²) in [6, 6.07) is 5.13. The maximum absolute atomic E-state index is 11.9. The number of oxazole rings is 2. The average molecular weight is 500 g/mol. The second kappa shape index (κ2) is 14.5. The van der Waals surface area contributed by atoms with Gasteiger partial charge in [0.2, 0.25) is 11.8 Å². The van der Waals surface area contributed by atoms with Gasteiger partial charge in [-0.15, -0.1) is 0 Å². The van der Waals surface area contributed by atoms with Crippen LogP contribution >= 0.6 is 0 Å². The number of hydrogen-bond acceptors (Lipinski definition) is 9. The van der Waals surface area contributed by atoms with Crippen molar-refractivity contribution < 1.29 is 27.9 Å². The minimum absolute atomic E-state index is 0.201. The van der Waals surface area contributed by atoms with Crippen LogP contribution in [0.2, 0.25) is 0 Å². The molecule has 0 aliphatic rings. The maximum Gasteiger partial charge on any atom is 0.412 e. The molecule has 36 heavy (non-hydrogen) atoms. The number of ether oxygens (including phenoxy) is 2. The average Bonchev–Trinajstić information content (AvgIpc) is 3.54. The molecule has 11 nitrogen and oxygen atoms in total. The number of pyridine rings is 1. The third kappa shape index (κ3) is 8.71. The van der Waals surface area contributed by atoms with Crippen LogP contribution in [-0.4, -0.2) is 40.4 Å². The molecule has 0 saturated heterocycles. The highest BCUT2D eigenvalue weighted by Gasteiger charge is 2.15. The molecule has 3 heterocycles. The summed E-state index contributed by atoms with van der Waals surface area (Å²) in [4.78, 5) is 36.8. The Kier molecular flexibility index (Phi) is 10.8. The molecule has 0 aliphatic heterocycles. The van der Waals surface area contributed by atoms with E-state index in [1.807, 2.05) is 0 Å². The number of carbonyl (C=O) groups is 2. The molecule has 0 saturated carbocycles. The number of hydrogen-bond donors (Lipinski definition) is 2. The number of rotatable bonds is 14. The fourth-order valence-electron chi connectivity index (χ4n) is 3.24. The first kappa shape index (κ1) is 26.7. The number of anilines is 2. The molecule has 0 radical (unpaired) electrons. The van der Waals surface area contributed by atoms with Crippen LogP contribution in [0.1, 0.15) is 65.2 Å².